The number of pyridine rings is 1. The van der Waals surface area contributed by atoms with Gasteiger partial charge >= 0.3 is 0 Å². The number of anilines is 1. The molecule has 0 atom stereocenters. The molecule has 0 fully saturated rings. The Labute approximate surface area is 118 Å². The second-order valence-corrected chi connectivity index (χ2v) is 4.47. The molecule has 0 aliphatic heterocycles. The van der Waals surface area contributed by atoms with Crippen LogP contribution < -0.4 is 10.6 Å². The minimum atomic E-state index is -0.0882. The molecule has 0 spiro atoms. The first-order chi connectivity index (χ1) is 9.69. The highest BCUT2D eigenvalue weighted by Gasteiger charge is 2.07. The zero-order chi connectivity index (χ0) is 14.4. The smallest absolute Gasteiger partial charge is 0.251 e. The Kier molecular flexibility index (Phi) is 4.70. The average Bonchev–Trinajstić information content (AvgIpc) is 2.91. The summed E-state index contributed by atoms with van der Waals surface area (Å²) in [6.45, 7) is 5.92. The molecule has 0 aliphatic carbocycles. The predicted molar refractivity (Wildman–Crippen MR) is 77.7 cm³/mol. The minimum absolute atomic E-state index is 0.0882. The summed E-state index contributed by atoms with van der Waals surface area (Å²) >= 11 is 0. The zero-order valence-electron chi connectivity index (χ0n) is 11.8. The first kappa shape index (κ1) is 14.0. The van der Waals surface area contributed by atoms with E-state index in [2.05, 4.69) is 20.6 Å². The van der Waals surface area contributed by atoms with E-state index in [-0.39, 0.29) is 5.91 Å². The minimum Gasteiger partial charge on any atom is -0.370 e. The Morgan fingerprint density at radius 1 is 1.40 bits per heavy atom. The third kappa shape index (κ3) is 3.81. The van der Waals surface area contributed by atoms with Crippen molar-refractivity contribution in [1.82, 2.24) is 19.9 Å². The van der Waals surface area contributed by atoms with Crippen LogP contribution in [0.25, 0.3) is 0 Å². The third-order valence-corrected chi connectivity index (χ3v) is 2.79. The molecule has 2 aromatic rings. The van der Waals surface area contributed by atoms with Crippen LogP contribution in [0, 0.1) is 6.92 Å². The van der Waals surface area contributed by atoms with Gasteiger partial charge in [-0.15, -0.1) is 0 Å². The molecule has 0 aromatic carbocycles. The highest BCUT2D eigenvalue weighted by atomic mass is 16.1. The van der Waals surface area contributed by atoms with Crippen molar-refractivity contribution in [3.05, 3.63) is 42.1 Å². The molecule has 6 nitrogen and oxygen atoms in total. The Bertz CT molecular complexity index is 565. The molecule has 0 unspecified atom stereocenters. The number of hydrogen-bond acceptors (Lipinski definition) is 4. The van der Waals surface area contributed by atoms with E-state index < -0.39 is 0 Å². The quantitative estimate of drug-likeness (QED) is 0.835. The molecule has 0 bridgehead atoms. The molecular formula is C14H19N5O. The van der Waals surface area contributed by atoms with Crippen LogP contribution in [-0.4, -0.2) is 33.5 Å². The van der Waals surface area contributed by atoms with Crippen molar-refractivity contribution in [3.8, 4) is 0 Å². The van der Waals surface area contributed by atoms with E-state index in [9.17, 15) is 4.79 Å². The van der Waals surface area contributed by atoms with Crippen molar-refractivity contribution < 1.29 is 4.79 Å². The summed E-state index contributed by atoms with van der Waals surface area (Å²) in [5, 5.41) is 6.01. The van der Waals surface area contributed by atoms with Crippen molar-refractivity contribution >= 4 is 11.7 Å². The van der Waals surface area contributed by atoms with E-state index in [4.69, 9.17) is 0 Å². The van der Waals surface area contributed by atoms with Crippen molar-refractivity contribution in [3.63, 3.8) is 0 Å². The second-order valence-electron chi connectivity index (χ2n) is 4.47. The van der Waals surface area contributed by atoms with Crippen LogP contribution in [-0.2, 0) is 6.54 Å². The number of carbonyl (C=O) groups is 1. The number of hydrogen-bond donors (Lipinski definition) is 2. The van der Waals surface area contributed by atoms with Gasteiger partial charge in [0, 0.05) is 43.3 Å². The number of aryl methyl sites for hydroxylation is 1. The van der Waals surface area contributed by atoms with Gasteiger partial charge in [0.25, 0.3) is 5.91 Å². The fourth-order valence-corrected chi connectivity index (χ4v) is 1.89. The third-order valence-electron chi connectivity index (χ3n) is 2.79. The van der Waals surface area contributed by atoms with Crippen molar-refractivity contribution in [2.45, 2.75) is 20.4 Å². The van der Waals surface area contributed by atoms with Gasteiger partial charge in [0.1, 0.15) is 5.82 Å². The van der Waals surface area contributed by atoms with E-state index in [0.717, 1.165) is 18.1 Å². The molecule has 1 amide bonds. The van der Waals surface area contributed by atoms with Gasteiger partial charge in [-0.3, -0.25) is 4.79 Å². The summed E-state index contributed by atoms with van der Waals surface area (Å²) in [6, 6.07) is 3.55. The van der Waals surface area contributed by atoms with Crippen molar-refractivity contribution in [2.24, 2.45) is 0 Å². The molecule has 2 N–H and O–H groups in total. The standard InChI is InChI=1S/C14H19N5O/c1-3-16-13-9-12(8-11(2)18-13)14(20)17-5-7-19-6-4-15-10-19/h4,6,8-10H,3,5,7H2,1-2H3,(H,16,18)(H,17,20). The highest BCUT2D eigenvalue weighted by molar-refractivity contribution is 5.94. The molecule has 6 heteroatoms. The van der Waals surface area contributed by atoms with Crippen LogP contribution >= 0.6 is 0 Å². The number of aromatic nitrogens is 3. The van der Waals surface area contributed by atoms with Gasteiger partial charge in [0.05, 0.1) is 6.33 Å². The molecule has 106 valence electrons. The first-order valence-electron chi connectivity index (χ1n) is 6.65. The maximum Gasteiger partial charge on any atom is 0.251 e. The molecule has 2 aromatic heterocycles. The first-order valence-corrected chi connectivity index (χ1v) is 6.65. The molecule has 2 rings (SSSR count). The van der Waals surface area contributed by atoms with Crippen molar-refractivity contribution in [2.75, 3.05) is 18.4 Å². The monoisotopic (exact) mass is 273 g/mol. The highest BCUT2D eigenvalue weighted by Crippen LogP contribution is 2.09. The van der Waals surface area contributed by atoms with Crippen LogP contribution in [0.15, 0.2) is 30.9 Å². The topological polar surface area (TPSA) is 71.8 Å². The van der Waals surface area contributed by atoms with Crippen LogP contribution in [0.2, 0.25) is 0 Å². The molecule has 0 saturated heterocycles. The van der Waals surface area contributed by atoms with Gasteiger partial charge < -0.3 is 15.2 Å². The van der Waals surface area contributed by atoms with E-state index in [1.54, 1.807) is 24.7 Å². The maximum atomic E-state index is 12.1. The summed E-state index contributed by atoms with van der Waals surface area (Å²) in [4.78, 5) is 20.4. The molecule has 0 radical (unpaired) electrons. The van der Waals surface area contributed by atoms with E-state index in [0.29, 0.717) is 18.7 Å². The summed E-state index contributed by atoms with van der Waals surface area (Å²) in [5.41, 5.74) is 1.45. The van der Waals surface area contributed by atoms with Gasteiger partial charge in [-0.2, -0.15) is 0 Å². The van der Waals surface area contributed by atoms with Crippen LogP contribution in [0.1, 0.15) is 23.0 Å². The maximum absolute atomic E-state index is 12.1. The van der Waals surface area contributed by atoms with Crippen LogP contribution in [0.4, 0.5) is 5.82 Å². The molecule has 2 heterocycles. The number of amides is 1. The summed E-state index contributed by atoms with van der Waals surface area (Å²) in [5.74, 6) is 0.641. The Balaban J connectivity index is 1.94. The lowest BCUT2D eigenvalue weighted by molar-refractivity contribution is 0.0952. The van der Waals surface area contributed by atoms with Crippen molar-refractivity contribution in [1.29, 1.82) is 0 Å². The average molecular weight is 273 g/mol. The molecule has 0 saturated carbocycles. The van der Waals surface area contributed by atoms with E-state index >= 15 is 0 Å². The number of nitrogens with zero attached hydrogens (tertiary/aromatic N) is 3. The van der Waals surface area contributed by atoms with Crippen LogP contribution in [0.3, 0.4) is 0 Å². The van der Waals surface area contributed by atoms with Gasteiger partial charge in [0.2, 0.25) is 0 Å². The SMILES string of the molecule is CCNc1cc(C(=O)NCCn2ccnc2)cc(C)n1. The van der Waals surface area contributed by atoms with E-state index in [1.807, 2.05) is 24.6 Å². The fraction of sp³-hybridized carbons (Fsp3) is 0.357. The summed E-state index contributed by atoms with van der Waals surface area (Å²) < 4.78 is 1.92. The number of nitrogens with one attached hydrogen (secondary N) is 2. The lowest BCUT2D eigenvalue weighted by Gasteiger charge is -2.09. The van der Waals surface area contributed by atoms with Gasteiger partial charge in [-0.1, -0.05) is 0 Å². The number of imidazole rings is 1. The lowest BCUT2D eigenvalue weighted by atomic mass is 10.2. The summed E-state index contributed by atoms with van der Waals surface area (Å²) in [7, 11) is 0. The Hall–Kier alpha value is -2.37. The molecule has 20 heavy (non-hydrogen) atoms. The van der Waals surface area contributed by atoms with E-state index in [1.165, 1.54) is 0 Å². The van der Waals surface area contributed by atoms with Gasteiger partial charge in [0.15, 0.2) is 0 Å². The van der Waals surface area contributed by atoms with Gasteiger partial charge in [-0.25, -0.2) is 9.97 Å². The predicted octanol–water partition coefficient (Wildman–Crippen LogP) is 1.45. The Morgan fingerprint density at radius 2 is 2.25 bits per heavy atom. The van der Waals surface area contributed by atoms with Crippen LogP contribution in [0.5, 0.6) is 0 Å². The largest absolute Gasteiger partial charge is 0.370 e. The summed E-state index contributed by atoms with van der Waals surface area (Å²) in [6.07, 6.45) is 5.31. The lowest BCUT2D eigenvalue weighted by Crippen LogP contribution is -2.27. The number of carbonyl (C=O) groups excluding carboxylic acids is 1. The van der Waals surface area contributed by atoms with Gasteiger partial charge in [-0.05, 0) is 26.0 Å². The second kappa shape index (κ2) is 6.70. The fourth-order valence-electron chi connectivity index (χ4n) is 1.89. The molecular weight excluding hydrogens is 254 g/mol. The zero-order valence-corrected chi connectivity index (χ0v) is 11.8. The Morgan fingerprint density at radius 3 is 2.95 bits per heavy atom. The molecule has 0 aliphatic rings. The number of rotatable bonds is 6. The normalized spacial score (nSPS) is 10.3.